The first-order valence-electron chi connectivity index (χ1n) is 10.3. The maximum absolute atomic E-state index is 12.5. The Hall–Kier alpha value is -2.76. The molecule has 3 heterocycles. The van der Waals surface area contributed by atoms with Crippen LogP contribution in [0.3, 0.4) is 0 Å². The molecule has 1 aliphatic heterocycles. The summed E-state index contributed by atoms with van der Waals surface area (Å²) in [5, 5.41) is 3.06. The molecule has 2 aromatic heterocycles. The first-order chi connectivity index (χ1) is 13.6. The molecule has 4 rings (SSSR count). The molecule has 0 unspecified atom stereocenters. The number of benzene rings is 1. The van der Waals surface area contributed by atoms with Crippen molar-refractivity contribution < 1.29 is 4.79 Å². The summed E-state index contributed by atoms with van der Waals surface area (Å²) < 4.78 is 2.21. The fourth-order valence-corrected chi connectivity index (χ4v) is 3.85. The van der Waals surface area contributed by atoms with Crippen molar-refractivity contribution in [2.24, 2.45) is 5.92 Å². The minimum Gasteiger partial charge on any atom is -0.353 e. The summed E-state index contributed by atoms with van der Waals surface area (Å²) in [6, 6.07) is 12.5. The van der Waals surface area contributed by atoms with Crippen LogP contribution in [0.5, 0.6) is 0 Å². The lowest BCUT2D eigenvalue weighted by Gasteiger charge is -2.24. The fraction of sp³-hybridized carbons (Fsp3) is 0.455. The molecule has 1 saturated heterocycles. The molecule has 148 valence electrons. The lowest BCUT2D eigenvalue weighted by Crippen LogP contribution is -2.42. The molecule has 1 aliphatic rings. The zero-order chi connectivity index (χ0) is 19.5. The second-order valence-corrected chi connectivity index (χ2v) is 7.93. The molecule has 2 amide bonds. The van der Waals surface area contributed by atoms with Crippen LogP contribution in [0.25, 0.3) is 16.6 Å². The van der Waals surface area contributed by atoms with E-state index in [1.165, 1.54) is 0 Å². The Bertz CT molecular complexity index is 964. The van der Waals surface area contributed by atoms with Gasteiger partial charge >= 0.3 is 6.03 Å². The van der Waals surface area contributed by atoms with Crippen molar-refractivity contribution >= 4 is 28.4 Å². The number of aromatic nitrogens is 2. The van der Waals surface area contributed by atoms with Gasteiger partial charge in [-0.1, -0.05) is 26.0 Å². The molecule has 6 heteroatoms. The second kappa shape index (κ2) is 8.09. The Morgan fingerprint density at radius 2 is 1.89 bits per heavy atom. The van der Waals surface area contributed by atoms with Gasteiger partial charge in [0.2, 0.25) is 0 Å². The molecule has 28 heavy (non-hydrogen) atoms. The monoisotopic (exact) mass is 379 g/mol. The molecule has 0 saturated carbocycles. The quantitative estimate of drug-likeness (QED) is 0.751. The average Bonchev–Trinajstić information content (AvgIpc) is 3.05. The summed E-state index contributed by atoms with van der Waals surface area (Å²) in [5.41, 5.74) is 3.23. The lowest BCUT2D eigenvalue weighted by atomic mass is 10.1. The van der Waals surface area contributed by atoms with Crippen molar-refractivity contribution in [2.45, 2.75) is 26.7 Å². The molecule has 0 aliphatic carbocycles. The van der Waals surface area contributed by atoms with Crippen LogP contribution in [0.1, 0.15) is 26.7 Å². The van der Waals surface area contributed by atoms with Crippen molar-refractivity contribution in [3.05, 3.63) is 42.6 Å². The van der Waals surface area contributed by atoms with E-state index in [1.807, 2.05) is 17.0 Å². The highest BCUT2D eigenvalue weighted by Crippen LogP contribution is 2.26. The largest absolute Gasteiger partial charge is 0.353 e. The first kappa shape index (κ1) is 18.6. The Balaban J connectivity index is 1.51. The molecule has 1 fully saturated rings. The van der Waals surface area contributed by atoms with Crippen molar-refractivity contribution in [1.29, 1.82) is 0 Å². The van der Waals surface area contributed by atoms with E-state index < -0.39 is 0 Å². The van der Waals surface area contributed by atoms with Gasteiger partial charge in [-0.05, 0) is 43.0 Å². The van der Waals surface area contributed by atoms with Gasteiger partial charge in [0.25, 0.3) is 0 Å². The number of para-hydroxylation sites is 2. The van der Waals surface area contributed by atoms with Crippen LogP contribution in [-0.2, 0) is 0 Å². The lowest BCUT2D eigenvalue weighted by molar-refractivity contribution is 0.201. The zero-order valence-corrected chi connectivity index (χ0v) is 16.8. The maximum atomic E-state index is 12.5. The number of anilines is 1. The minimum absolute atomic E-state index is 0.0572. The summed E-state index contributed by atoms with van der Waals surface area (Å²) in [6.45, 7) is 8.30. The Morgan fingerprint density at radius 3 is 2.75 bits per heavy atom. The van der Waals surface area contributed by atoms with Crippen LogP contribution in [0.2, 0.25) is 0 Å². The van der Waals surface area contributed by atoms with Crippen molar-refractivity contribution in [2.75, 3.05) is 37.6 Å². The number of amides is 2. The molecule has 1 aromatic carbocycles. The topological polar surface area (TPSA) is 52.9 Å². The van der Waals surface area contributed by atoms with Crippen LogP contribution in [0.4, 0.5) is 10.6 Å². The SMILES string of the molecule is CC(C)CCNC(=O)N1CCCN(c2nc3ccccc3n3cccc23)CC1. The average molecular weight is 380 g/mol. The van der Waals surface area contributed by atoms with Crippen LogP contribution in [-0.4, -0.2) is 53.0 Å². The maximum Gasteiger partial charge on any atom is 0.317 e. The number of carbonyl (C=O) groups excluding carboxylic acids is 1. The van der Waals surface area contributed by atoms with Gasteiger partial charge in [0.15, 0.2) is 5.82 Å². The highest BCUT2D eigenvalue weighted by Gasteiger charge is 2.21. The van der Waals surface area contributed by atoms with Gasteiger partial charge in [-0.15, -0.1) is 0 Å². The molecule has 1 N–H and O–H groups in total. The number of nitrogens with zero attached hydrogens (tertiary/aromatic N) is 4. The fourth-order valence-electron chi connectivity index (χ4n) is 3.85. The van der Waals surface area contributed by atoms with E-state index in [0.29, 0.717) is 5.92 Å². The molecule has 6 nitrogen and oxygen atoms in total. The summed E-state index contributed by atoms with van der Waals surface area (Å²) in [4.78, 5) is 21.7. The van der Waals surface area contributed by atoms with Crippen molar-refractivity contribution in [3.8, 4) is 0 Å². The second-order valence-electron chi connectivity index (χ2n) is 7.93. The van der Waals surface area contributed by atoms with Crippen molar-refractivity contribution in [3.63, 3.8) is 0 Å². The first-order valence-corrected chi connectivity index (χ1v) is 10.3. The number of fused-ring (bicyclic) bond motifs is 3. The van der Waals surface area contributed by atoms with Crippen LogP contribution in [0.15, 0.2) is 42.6 Å². The predicted molar refractivity (Wildman–Crippen MR) is 114 cm³/mol. The Labute approximate surface area is 166 Å². The van der Waals surface area contributed by atoms with E-state index in [-0.39, 0.29) is 6.03 Å². The van der Waals surface area contributed by atoms with Gasteiger partial charge in [0.05, 0.1) is 16.6 Å². The van der Waals surface area contributed by atoms with Crippen molar-refractivity contribution in [1.82, 2.24) is 19.6 Å². The van der Waals surface area contributed by atoms with Crippen LogP contribution < -0.4 is 10.2 Å². The van der Waals surface area contributed by atoms with Gasteiger partial charge < -0.3 is 19.5 Å². The summed E-state index contributed by atoms with van der Waals surface area (Å²) >= 11 is 0. The number of nitrogens with one attached hydrogen (secondary N) is 1. The Morgan fingerprint density at radius 1 is 1.07 bits per heavy atom. The number of carbonyl (C=O) groups is 1. The number of hydrogen-bond donors (Lipinski definition) is 1. The third-order valence-corrected chi connectivity index (χ3v) is 5.43. The van der Waals surface area contributed by atoms with E-state index in [1.54, 1.807) is 0 Å². The molecule has 0 atom stereocenters. The molecule has 0 spiro atoms. The van der Waals surface area contributed by atoms with E-state index in [9.17, 15) is 4.79 Å². The number of rotatable bonds is 4. The summed E-state index contributed by atoms with van der Waals surface area (Å²) in [5.74, 6) is 1.61. The minimum atomic E-state index is 0.0572. The third-order valence-electron chi connectivity index (χ3n) is 5.43. The molecular formula is C22H29N5O. The van der Waals surface area contributed by atoms with Gasteiger partial charge in [0.1, 0.15) is 0 Å². The molecule has 0 bridgehead atoms. The summed E-state index contributed by atoms with van der Waals surface area (Å²) in [7, 11) is 0. The Kier molecular flexibility index (Phi) is 5.37. The standard InChI is InChI=1S/C22H29N5O/c1-17(2)10-11-23-22(28)26-13-6-12-25(15-16-26)21-20-9-5-14-27(20)19-8-4-3-7-18(19)24-21/h3-5,7-9,14,17H,6,10-13,15-16H2,1-2H3,(H,23,28). The van der Waals surface area contributed by atoms with Crippen LogP contribution >= 0.6 is 0 Å². The molecule has 3 aromatic rings. The number of hydrogen-bond acceptors (Lipinski definition) is 3. The number of urea groups is 1. The summed E-state index contributed by atoms with van der Waals surface area (Å²) in [6.07, 6.45) is 4.05. The van der Waals surface area contributed by atoms with E-state index in [2.05, 4.69) is 58.9 Å². The zero-order valence-electron chi connectivity index (χ0n) is 16.8. The normalized spacial score (nSPS) is 15.4. The highest BCUT2D eigenvalue weighted by molar-refractivity contribution is 5.85. The smallest absolute Gasteiger partial charge is 0.317 e. The van der Waals surface area contributed by atoms with Gasteiger partial charge in [-0.3, -0.25) is 0 Å². The predicted octanol–water partition coefficient (Wildman–Crippen LogP) is 3.76. The van der Waals surface area contributed by atoms with E-state index in [4.69, 9.17) is 4.98 Å². The highest BCUT2D eigenvalue weighted by atomic mass is 16.2. The third kappa shape index (κ3) is 3.77. The van der Waals surface area contributed by atoms with E-state index >= 15 is 0 Å². The van der Waals surface area contributed by atoms with Crippen LogP contribution in [0, 0.1) is 5.92 Å². The van der Waals surface area contributed by atoms with Gasteiger partial charge in [-0.2, -0.15) is 0 Å². The van der Waals surface area contributed by atoms with Gasteiger partial charge in [0, 0.05) is 38.9 Å². The van der Waals surface area contributed by atoms with Gasteiger partial charge in [-0.25, -0.2) is 9.78 Å². The van der Waals surface area contributed by atoms with E-state index in [0.717, 1.165) is 67.9 Å². The molecule has 0 radical (unpaired) electrons. The molecular weight excluding hydrogens is 350 g/mol.